The van der Waals surface area contributed by atoms with Gasteiger partial charge in [0.1, 0.15) is 12.4 Å². The Labute approximate surface area is 136 Å². The maximum Gasteiger partial charge on any atom is 0.435 e. The van der Waals surface area contributed by atoms with Crippen LogP contribution in [0.1, 0.15) is 11.3 Å². The lowest BCUT2D eigenvalue weighted by atomic mass is 10.2. The van der Waals surface area contributed by atoms with E-state index in [1.54, 1.807) is 0 Å². The van der Waals surface area contributed by atoms with E-state index in [0.717, 1.165) is 11.6 Å². The van der Waals surface area contributed by atoms with Crippen molar-refractivity contribution in [1.29, 1.82) is 0 Å². The topological polar surface area (TPSA) is 76.1 Å². The summed E-state index contributed by atoms with van der Waals surface area (Å²) >= 11 is 0. The van der Waals surface area contributed by atoms with Crippen LogP contribution in [0.2, 0.25) is 0 Å². The minimum Gasteiger partial charge on any atom is -0.445 e. The third-order valence-electron chi connectivity index (χ3n) is 2.87. The van der Waals surface area contributed by atoms with Crippen molar-refractivity contribution in [2.75, 3.05) is 18.4 Å². The average Bonchev–Trinajstić information content (AvgIpc) is 2.57. The van der Waals surface area contributed by atoms with E-state index in [-0.39, 0.29) is 25.5 Å². The summed E-state index contributed by atoms with van der Waals surface area (Å²) in [5, 5.41) is 11.7. The minimum absolute atomic E-state index is 0.157. The number of carbonyl (C=O) groups is 1. The van der Waals surface area contributed by atoms with Gasteiger partial charge in [-0.15, -0.1) is 10.2 Å². The largest absolute Gasteiger partial charge is 0.445 e. The Kier molecular flexibility index (Phi) is 5.94. The Morgan fingerprint density at radius 3 is 2.42 bits per heavy atom. The van der Waals surface area contributed by atoms with E-state index in [2.05, 4.69) is 20.8 Å². The monoisotopic (exact) mass is 340 g/mol. The van der Waals surface area contributed by atoms with Gasteiger partial charge in [-0.05, 0) is 17.7 Å². The second-order valence-corrected chi connectivity index (χ2v) is 4.72. The fraction of sp³-hybridized carbons (Fsp3) is 0.267. The standard InChI is InChI=1S/C15H15F3N4O2/c16-15(17,18)12-6-7-13(22-21-12)19-8-9-20-14(23)24-10-11-4-2-1-3-5-11/h1-7H,8-10H2,(H,19,22)(H,20,23). The second-order valence-electron chi connectivity index (χ2n) is 4.72. The molecule has 1 aromatic heterocycles. The van der Waals surface area contributed by atoms with Crippen LogP contribution in [0.3, 0.4) is 0 Å². The first-order valence-corrected chi connectivity index (χ1v) is 7.04. The molecule has 0 spiro atoms. The van der Waals surface area contributed by atoms with E-state index in [9.17, 15) is 18.0 Å². The van der Waals surface area contributed by atoms with Crippen molar-refractivity contribution in [3.63, 3.8) is 0 Å². The number of benzene rings is 1. The molecule has 0 aliphatic heterocycles. The predicted octanol–water partition coefficient (Wildman–Crippen LogP) is 2.83. The molecule has 128 valence electrons. The predicted molar refractivity (Wildman–Crippen MR) is 80.2 cm³/mol. The van der Waals surface area contributed by atoms with Gasteiger partial charge < -0.3 is 15.4 Å². The van der Waals surface area contributed by atoms with Crippen molar-refractivity contribution >= 4 is 11.9 Å². The lowest BCUT2D eigenvalue weighted by molar-refractivity contribution is -0.141. The Bertz CT molecular complexity index is 648. The normalized spacial score (nSPS) is 11.0. The number of ether oxygens (including phenoxy) is 1. The molecule has 0 aliphatic rings. The van der Waals surface area contributed by atoms with Crippen LogP contribution in [0.15, 0.2) is 42.5 Å². The molecule has 2 aromatic rings. The maximum absolute atomic E-state index is 12.3. The van der Waals surface area contributed by atoms with E-state index in [1.165, 1.54) is 6.07 Å². The molecule has 0 unspecified atom stereocenters. The molecule has 1 amide bonds. The molecular formula is C15H15F3N4O2. The van der Waals surface area contributed by atoms with Crippen molar-refractivity contribution < 1.29 is 22.7 Å². The number of nitrogens with one attached hydrogen (secondary N) is 2. The van der Waals surface area contributed by atoms with Gasteiger partial charge in [-0.3, -0.25) is 0 Å². The van der Waals surface area contributed by atoms with Gasteiger partial charge in [0.25, 0.3) is 0 Å². The first-order chi connectivity index (χ1) is 11.4. The van der Waals surface area contributed by atoms with Crippen LogP contribution in [0.25, 0.3) is 0 Å². The molecule has 0 fully saturated rings. The zero-order valence-electron chi connectivity index (χ0n) is 12.5. The number of anilines is 1. The highest BCUT2D eigenvalue weighted by Gasteiger charge is 2.32. The first-order valence-electron chi connectivity index (χ1n) is 7.04. The molecule has 0 aliphatic carbocycles. The molecule has 0 saturated heterocycles. The van der Waals surface area contributed by atoms with Crippen molar-refractivity contribution in [3.8, 4) is 0 Å². The summed E-state index contributed by atoms with van der Waals surface area (Å²) in [7, 11) is 0. The van der Waals surface area contributed by atoms with Crippen molar-refractivity contribution in [2.45, 2.75) is 12.8 Å². The molecule has 1 heterocycles. The third kappa shape index (κ3) is 5.75. The van der Waals surface area contributed by atoms with Gasteiger partial charge in [-0.25, -0.2) is 4.79 Å². The zero-order valence-corrected chi connectivity index (χ0v) is 12.5. The number of aromatic nitrogens is 2. The smallest absolute Gasteiger partial charge is 0.435 e. The number of alkyl halides is 3. The Balaban J connectivity index is 1.64. The highest BCUT2D eigenvalue weighted by molar-refractivity contribution is 5.67. The third-order valence-corrected chi connectivity index (χ3v) is 2.87. The molecule has 6 nitrogen and oxygen atoms in total. The number of hydrogen-bond donors (Lipinski definition) is 2. The summed E-state index contributed by atoms with van der Waals surface area (Å²) in [5.74, 6) is 0.183. The molecule has 24 heavy (non-hydrogen) atoms. The van der Waals surface area contributed by atoms with Gasteiger partial charge in [0.2, 0.25) is 0 Å². The Morgan fingerprint density at radius 1 is 1.04 bits per heavy atom. The van der Waals surface area contributed by atoms with Gasteiger partial charge in [-0.1, -0.05) is 30.3 Å². The van der Waals surface area contributed by atoms with E-state index in [1.807, 2.05) is 30.3 Å². The number of nitrogens with zero attached hydrogens (tertiary/aromatic N) is 2. The van der Waals surface area contributed by atoms with Crippen molar-refractivity contribution in [1.82, 2.24) is 15.5 Å². The molecule has 2 rings (SSSR count). The number of halogens is 3. The average molecular weight is 340 g/mol. The van der Waals surface area contributed by atoms with E-state index in [0.29, 0.717) is 0 Å². The summed E-state index contributed by atoms with van der Waals surface area (Å²) in [6.07, 6.45) is -5.10. The SMILES string of the molecule is O=C(NCCNc1ccc(C(F)(F)F)nn1)OCc1ccccc1. The van der Waals surface area contributed by atoms with Gasteiger partial charge in [0.05, 0.1) is 0 Å². The fourth-order valence-corrected chi connectivity index (χ4v) is 1.71. The molecule has 1 aromatic carbocycles. The van der Waals surface area contributed by atoms with Crippen molar-refractivity contribution in [2.24, 2.45) is 0 Å². The van der Waals surface area contributed by atoms with Crippen LogP contribution in [0.4, 0.5) is 23.8 Å². The molecule has 9 heteroatoms. The molecular weight excluding hydrogens is 325 g/mol. The van der Waals surface area contributed by atoms with Gasteiger partial charge in [-0.2, -0.15) is 13.2 Å². The van der Waals surface area contributed by atoms with Crippen LogP contribution in [-0.2, 0) is 17.5 Å². The molecule has 0 saturated carbocycles. The van der Waals surface area contributed by atoms with Crippen LogP contribution < -0.4 is 10.6 Å². The summed E-state index contributed by atoms with van der Waals surface area (Å²) in [4.78, 5) is 11.5. The second kappa shape index (κ2) is 8.14. The van der Waals surface area contributed by atoms with Gasteiger partial charge in [0.15, 0.2) is 5.69 Å². The van der Waals surface area contributed by atoms with Crippen LogP contribution in [0.5, 0.6) is 0 Å². The molecule has 0 radical (unpaired) electrons. The van der Waals surface area contributed by atoms with Crippen LogP contribution >= 0.6 is 0 Å². The van der Waals surface area contributed by atoms with E-state index < -0.39 is 18.0 Å². The highest BCUT2D eigenvalue weighted by Crippen LogP contribution is 2.26. The Hall–Kier alpha value is -2.84. The zero-order chi connectivity index (χ0) is 17.4. The van der Waals surface area contributed by atoms with Crippen molar-refractivity contribution in [3.05, 3.63) is 53.7 Å². The molecule has 0 atom stereocenters. The number of carbonyl (C=O) groups excluding carboxylic acids is 1. The summed E-state index contributed by atoms with van der Waals surface area (Å²) in [6.45, 7) is 0.640. The Morgan fingerprint density at radius 2 is 1.79 bits per heavy atom. The number of hydrogen-bond acceptors (Lipinski definition) is 5. The van der Waals surface area contributed by atoms with Crippen LogP contribution in [0, 0.1) is 0 Å². The number of amides is 1. The highest BCUT2D eigenvalue weighted by atomic mass is 19.4. The summed E-state index contributed by atoms with van der Waals surface area (Å²) in [6, 6.07) is 11.2. The number of rotatable bonds is 6. The quantitative estimate of drug-likeness (QED) is 0.791. The summed E-state index contributed by atoms with van der Waals surface area (Å²) in [5.41, 5.74) is -0.193. The minimum atomic E-state index is -4.52. The fourth-order valence-electron chi connectivity index (χ4n) is 1.71. The maximum atomic E-state index is 12.3. The lowest BCUT2D eigenvalue weighted by Crippen LogP contribution is -2.29. The van der Waals surface area contributed by atoms with Crippen LogP contribution in [-0.4, -0.2) is 29.4 Å². The van der Waals surface area contributed by atoms with E-state index >= 15 is 0 Å². The van der Waals surface area contributed by atoms with Gasteiger partial charge in [0, 0.05) is 13.1 Å². The summed E-state index contributed by atoms with van der Waals surface area (Å²) < 4.78 is 42.0. The van der Waals surface area contributed by atoms with E-state index in [4.69, 9.17) is 4.74 Å². The first kappa shape index (κ1) is 17.5. The van der Waals surface area contributed by atoms with Gasteiger partial charge >= 0.3 is 12.3 Å². The molecule has 0 bridgehead atoms. The lowest BCUT2D eigenvalue weighted by Gasteiger charge is -2.09. The number of alkyl carbamates (subject to hydrolysis) is 1. The molecule has 2 N–H and O–H groups in total.